The molecule has 20 heavy (non-hydrogen) atoms. The lowest BCUT2D eigenvalue weighted by molar-refractivity contribution is -0.121. The van der Waals surface area contributed by atoms with Crippen molar-refractivity contribution in [3.05, 3.63) is 29.8 Å². The second kappa shape index (κ2) is 9.13. The molecule has 0 saturated carbocycles. The van der Waals surface area contributed by atoms with Crippen molar-refractivity contribution in [1.29, 1.82) is 0 Å². The summed E-state index contributed by atoms with van der Waals surface area (Å²) >= 11 is 0. The molecule has 1 aromatic carbocycles. The molecule has 2 N–H and O–H groups in total. The standard InChI is InChI=1S/C16H24N2O2/c1-3-5-6-7-12-16(20)18-17-14(4-2)13-10-8-9-11-15(13)19/h8-11,19H,3-7,12H2,1-2H3,(H,18,20). The van der Waals surface area contributed by atoms with Gasteiger partial charge >= 0.3 is 0 Å². The lowest BCUT2D eigenvalue weighted by Gasteiger charge is -2.07. The Morgan fingerprint density at radius 1 is 1.20 bits per heavy atom. The van der Waals surface area contributed by atoms with Crippen molar-refractivity contribution in [2.45, 2.75) is 52.4 Å². The lowest BCUT2D eigenvalue weighted by Crippen LogP contribution is -2.19. The predicted octanol–water partition coefficient (Wildman–Crippen LogP) is 3.59. The molecular formula is C16H24N2O2. The van der Waals surface area contributed by atoms with E-state index in [0.29, 0.717) is 24.1 Å². The van der Waals surface area contributed by atoms with E-state index in [4.69, 9.17) is 0 Å². The number of carbonyl (C=O) groups is 1. The van der Waals surface area contributed by atoms with Gasteiger partial charge < -0.3 is 5.11 Å². The molecule has 0 aliphatic carbocycles. The summed E-state index contributed by atoms with van der Waals surface area (Å²) in [4.78, 5) is 11.7. The Morgan fingerprint density at radius 2 is 1.95 bits per heavy atom. The van der Waals surface area contributed by atoms with E-state index in [1.54, 1.807) is 18.2 Å². The minimum Gasteiger partial charge on any atom is -0.507 e. The number of nitrogens with zero attached hydrogens (tertiary/aromatic N) is 1. The van der Waals surface area contributed by atoms with Crippen molar-refractivity contribution in [2.24, 2.45) is 5.10 Å². The van der Waals surface area contributed by atoms with E-state index in [1.807, 2.05) is 13.0 Å². The number of amides is 1. The zero-order valence-corrected chi connectivity index (χ0v) is 12.4. The molecule has 0 spiro atoms. The average Bonchev–Trinajstić information content (AvgIpc) is 2.46. The van der Waals surface area contributed by atoms with Gasteiger partial charge in [0, 0.05) is 12.0 Å². The Kier molecular flexibility index (Phi) is 7.40. The second-order valence-electron chi connectivity index (χ2n) is 4.77. The van der Waals surface area contributed by atoms with Gasteiger partial charge in [0.1, 0.15) is 5.75 Å². The summed E-state index contributed by atoms with van der Waals surface area (Å²) in [5, 5.41) is 13.9. The average molecular weight is 276 g/mol. The molecule has 0 aromatic heterocycles. The summed E-state index contributed by atoms with van der Waals surface area (Å²) in [6.45, 7) is 4.09. The summed E-state index contributed by atoms with van der Waals surface area (Å²) in [5.74, 6) is 0.118. The Bertz CT molecular complexity index is 456. The monoisotopic (exact) mass is 276 g/mol. The van der Waals surface area contributed by atoms with E-state index in [9.17, 15) is 9.90 Å². The first-order valence-electron chi connectivity index (χ1n) is 7.32. The van der Waals surface area contributed by atoms with Gasteiger partial charge in [0.2, 0.25) is 5.91 Å². The zero-order valence-electron chi connectivity index (χ0n) is 12.4. The highest BCUT2D eigenvalue weighted by molar-refractivity contribution is 6.03. The number of carbonyl (C=O) groups excluding carboxylic acids is 1. The summed E-state index contributed by atoms with van der Waals surface area (Å²) < 4.78 is 0. The summed E-state index contributed by atoms with van der Waals surface area (Å²) in [7, 11) is 0. The molecule has 0 saturated heterocycles. The zero-order chi connectivity index (χ0) is 14.8. The fourth-order valence-electron chi connectivity index (χ4n) is 1.95. The number of nitrogens with one attached hydrogen (secondary N) is 1. The molecule has 0 aliphatic rings. The van der Waals surface area contributed by atoms with Gasteiger partial charge in [0.25, 0.3) is 0 Å². The minimum atomic E-state index is -0.0672. The van der Waals surface area contributed by atoms with Crippen LogP contribution in [-0.2, 0) is 4.79 Å². The van der Waals surface area contributed by atoms with Gasteiger partial charge in [0.05, 0.1) is 5.71 Å². The molecule has 4 nitrogen and oxygen atoms in total. The van der Waals surface area contributed by atoms with Crippen LogP contribution in [0.25, 0.3) is 0 Å². The first-order valence-corrected chi connectivity index (χ1v) is 7.32. The predicted molar refractivity (Wildman–Crippen MR) is 81.8 cm³/mol. The van der Waals surface area contributed by atoms with Crippen LogP contribution in [0, 0.1) is 0 Å². The molecule has 0 atom stereocenters. The third-order valence-electron chi connectivity index (χ3n) is 3.12. The number of rotatable bonds is 8. The van der Waals surface area contributed by atoms with Crippen LogP contribution in [0.5, 0.6) is 5.75 Å². The molecule has 1 rings (SSSR count). The highest BCUT2D eigenvalue weighted by atomic mass is 16.3. The number of hydrazone groups is 1. The number of para-hydroxylation sites is 1. The van der Waals surface area contributed by atoms with Gasteiger partial charge in [-0.1, -0.05) is 45.2 Å². The quantitative estimate of drug-likeness (QED) is 0.433. The van der Waals surface area contributed by atoms with E-state index >= 15 is 0 Å². The van der Waals surface area contributed by atoms with Gasteiger partial charge in [-0.05, 0) is 25.0 Å². The normalized spacial score (nSPS) is 11.4. The second-order valence-corrected chi connectivity index (χ2v) is 4.77. The van der Waals surface area contributed by atoms with Gasteiger partial charge in [-0.25, -0.2) is 5.43 Å². The number of hydrogen-bond acceptors (Lipinski definition) is 3. The molecule has 0 unspecified atom stereocenters. The summed E-state index contributed by atoms with van der Waals surface area (Å²) in [6, 6.07) is 7.02. The van der Waals surface area contributed by atoms with Crippen molar-refractivity contribution >= 4 is 11.6 Å². The van der Waals surface area contributed by atoms with Crippen LogP contribution in [0.4, 0.5) is 0 Å². The van der Waals surface area contributed by atoms with Crippen LogP contribution >= 0.6 is 0 Å². The molecule has 110 valence electrons. The third kappa shape index (κ3) is 5.43. The number of phenols is 1. The summed E-state index contributed by atoms with van der Waals surface area (Å²) in [5.41, 5.74) is 3.93. The van der Waals surface area contributed by atoms with Crippen LogP contribution in [0.15, 0.2) is 29.4 Å². The van der Waals surface area contributed by atoms with E-state index < -0.39 is 0 Å². The molecule has 0 fully saturated rings. The van der Waals surface area contributed by atoms with Crippen LogP contribution in [0.1, 0.15) is 57.9 Å². The van der Waals surface area contributed by atoms with Crippen molar-refractivity contribution in [3.8, 4) is 5.75 Å². The highest BCUT2D eigenvalue weighted by Gasteiger charge is 2.07. The first kappa shape index (κ1) is 16.2. The number of benzene rings is 1. The number of unbranched alkanes of at least 4 members (excludes halogenated alkanes) is 3. The molecule has 4 heteroatoms. The Hall–Kier alpha value is -1.84. The van der Waals surface area contributed by atoms with Crippen molar-refractivity contribution in [1.82, 2.24) is 5.43 Å². The maximum Gasteiger partial charge on any atom is 0.240 e. The van der Waals surface area contributed by atoms with Crippen LogP contribution in [-0.4, -0.2) is 16.7 Å². The van der Waals surface area contributed by atoms with Gasteiger partial charge in [-0.2, -0.15) is 5.10 Å². The molecular weight excluding hydrogens is 252 g/mol. The molecule has 1 amide bonds. The fraction of sp³-hybridized carbons (Fsp3) is 0.500. The van der Waals surface area contributed by atoms with Gasteiger partial charge in [-0.15, -0.1) is 0 Å². The lowest BCUT2D eigenvalue weighted by atomic mass is 10.1. The maximum atomic E-state index is 11.7. The largest absolute Gasteiger partial charge is 0.507 e. The number of hydrogen-bond donors (Lipinski definition) is 2. The first-order chi connectivity index (χ1) is 9.69. The van der Waals surface area contributed by atoms with Crippen molar-refractivity contribution < 1.29 is 9.90 Å². The molecule has 0 radical (unpaired) electrons. The van der Waals surface area contributed by atoms with Gasteiger partial charge in [-0.3, -0.25) is 4.79 Å². The smallest absolute Gasteiger partial charge is 0.240 e. The third-order valence-corrected chi connectivity index (χ3v) is 3.12. The SMILES string of the molecule is CCCCCCC(=O)NN=C(CC)c1ccccc1O. The summed E-state index contributed by atoms with van der Waals surface area (Å²) in [6.07, 6.45) is 5.44. The van der Waals surface area contributed by atoms with Crippen molar-refractivity contribution in [3.63, 3.8) is 0 Å². The maximum absolute atomic E-state index is 11.7. The molecule has 0 aliphatic heterocycles. The van der Waals surface area contributed by atoms with Crippen LogP contribution in [0.2, 0.25) is 0 Å². The van der Waals surface area contributed by atoms with E-state index in [2.05, 4.69) is 17.5 Å². The van der Waals surface area contributed by atoms with E-state index in [0.717, 1.165) is 25.7 Å². The molecule has 0 heterocycles. The van der Waals surface area contributed by atoms with Crippen LogP contribution in [0.3, 0.4) is 0 Å². The molecule has 0 bridgehead atoms. The Labute approximate surface area is 120 Å². The Balaban J connectivity index is 2.54. The minimum absolute atomic E-state index is 0.0672. The molecule has 1 aromatic rings. The Morgan fingerprint density at radius 3 is 2.60 bits per heavy atom. The highest BCUT2D eigenvalue weighted by Crippen LogP contribution is 2.17. The topological polar surface area (TPSA) is 61.7 Å². The fourth-order valence-corrected chi connectivity index (χ4v) is 1.95. The van der Waals surface area contributed by atoms with Crippen molar-refractivity contribution in [2.75, 3.05) is 0 Å². The van der Waals surface area contributed by atoms with Crippen LogP contribution < -0.4 is 5.43 Å². The number of phenolic OH excluding ortho intramolecular Hbond substituents is 1. The number of aromatic hydroxyl groups is 1. The van der Waals surface area contributed by atoms with Gasteiger partial charge in [0.15, 0.2) is 0 Å². The van der Waals surface area contributed by atoms with E-state index in [-0.39, 0.29) is 11.7 Å². The van der Waals surface area contributed by atoms with E-state index in [1.165, 1.54) is 0 Å².